The number of pyridine rings is 2. The zero-order valence-corrected chi connectivity index (χ0v) is 12.2. The lowest BCUT2D eigenvalue weighted by Crippen LogP contribution is -2.26. The first kappa shape index (κ1) is 15.6. The number of nitrogens with zero attached hydrogens (tertiary/aromatic N) is 3. The smallest absolute Gasteiger partial charge is 0.231 e. The molecule has 2 amide bonds. The summed E-state index contributed by atoms with van der Waals surface area (Å²) in [5, 5.41) is 0. The number of carbonyl (C=O) groups is 2. The van der Waals surface area contributed by atoms with Crippen molar-refractivity contribution < 1.29 is 9.59 Å². The van der Waals surface area contributed by atoms with Crippen LogP contribution in [0.4, 0.5) is 11.4 Å². The summed E-state index contributed by atoms with van der Waals surface area (Å²) in [6.07, 6.45) is 8.42. The van der Waals surface area contributed by atoms with Crippen molar-refractivity contribution in [3.63, 3.8) is 0 Å². The molecule has 6 heteroatoms. The van der Waals surface area contributed by atoms with Gasteiger partial charge in [-0.05, 0) is 37.1 Å². The topological polar surface area (TPSA) is 89.2 Å². The molecule has 2 heterocycles. The number of primary amides is 1. The van der Waals surface area contributed by atoms with Crippen molar-refractivity contribution in [3.05, 3.63) is 49.1 Å². The largest absolute Gasteiger partial charge is 0.370 e. The molecule has 0 aromatic carbocycles. The van der Waals surface area contributed by atoms with Crippen LogP contribution >= 0.6 is 0 Å². The number of unbranched alkanes of at least 4 members (excludes halogenated alkanes) is 1. The monoisotopic (exact) mass is 298 g/mol. The highest BCUT2D eigenvalue weighted by molar-refractivity contribution is 6.00. The van der Waals surface area contributed by atoms with Crippen LogP contribution in [0.1, 0.15) is 25.7 Å². The van der Waals surface area contributed by atoms with Crippen LogP contribution in [0, 0.1) is 0 Å². The Labute approximate surface area is 129 Å². The summed E-state index contributed by atoms with van der Waals surface area (Å²) >= 11 is 0. The highest BCUT2D eigenvalue weighted by atomic mass is 16.2. The summed E-state index contributed by atoms with van der Waals surface area (Å²) < 4.78 is 0. The maximum absolute atomic E-state index is 12.5. The van der Waals surface area contributed by atoms with Crippen LogP contribution in [-0.4, -0.2) is 21.8 Å². The van der Waals surface area contributed by atoms with Crippen molar-refractivity contribution in [1.82, 2.24) is 9.97 Å². The third-order valence-corrected chi connectivity index (χ3v) is 3.12. The van der Waals surface area contributed by atoms with Gasteiger partial charge in [-0.15, -0.1) is 0 Å². The van der Waals surface area contributed by atoms with Crippen LogP contribution in [0.3, 0.4) is 0 Å². The molecule has 22 heavy (non-hydrogen) atoms. The maximum Gasteiger partial charge on any atom is 0.231 e. The highest BCUT2D eigenvalue weighted by Gasteiger charge is 2.17. The number of amides is 2. The molecule has 2 aromatic rings. The second kappa shape index (κ2) is 7.87. The summed E-state index contributed by atoms with van der Waals surface area (Å²) in [7, 11) is 0. The quantitative estimate of drug-likeness (QED) is 0.793. The van der Waals surface area contributed by atoms with Crippen LogP contribution in [0.15, 0.2) is 49.1 Å². The van der Waals surface area contributed by atoms with E-state index in [1.165, 1.54) is 0 Å². The third kappa shape index (κ3) is 4.37. The molecule has 0 saturated carbocycles. The van der Waals surface area contributed by atoms with Gasteiger partial charge in [0.05, 0.1) is 23.8 Å². The average Bonchev–Trinajstić information content (AvgIpc) is 2.54. The molecule has 2 N–H and O–H groups in total. The molecular formula is C16H18N4O2. The molecule has 0 atom stereocenters. The van der Waals surface area contributed by atoms with Gasteiger partial charge < -0.3 is 5.73 Å². The second-order valence-electron chi connectivity index (χ2n) is 4.83. The van der Waals surface area contributed by atoms with Gasteiger partial charge in [0, 0.05) is 25.2 Å². The normalized spacial score (nSPS) is 10.2. The lowest BCUT2D eigenvalue weighted by atomic mass is 10.1. The van der Waals surface area contributed by atoms with Gasteiger partial charge in [0.25, 0.3) is 0 Å². The molecule has 2 rings (SSSR count). The van der Waals surface area contributed by atoms with E-state index in [1.807, 2.05) is 12.1 Å². The van der Waals surface area contributed by atoms with Gasteiger partial charge in [-0.1, -0.05) is 0 Å². The zero-order chi connectivity index (χ0) is 15.8. The van der Waals surface area contributed by atoms with Gasteiger partial charge >= 0.3 is 0 Å². The van der Waals surface area contributed by atoms with Crippen LogP contribution in [0.5, 0.6) is 0 Å². The summed E-state index contributed by atoms with van der Waals surface area (Å²) in [6, 6.07) is 7.20. The van der Waals surface area contributed by atoms with Gasteiger partial charge in [0.15, 0.2) is 0 Å². The van der Waals surface area contributed by atoms with Crippen molar-refractivity contribution in [3.8, 4) is 0 Å². The van der Waals surface area contributed by atoms with Crippen LogP contribution < -0.4 is 10.6 Å². The first-order chi connectivity index (χ1) is 10.7. The number of hydrogen-bond donors (Lipinski definition) is 1. The summed E-state index contributed by atoms with van der Waals surface area (Å²) in [5.74, 6) is -0.408. The molecule has 0 fully saturated rings. The van der Waals surface area contributed by atoms with E-state index in [1.54, 1.807) is 41.8 Å². The standard InChI is InChI=1S/C16H18N4O2/c17-15(21)7-1-2-8-16(22)20(13-5-3-9-18-11-13)14-6-4-10-19-12-14/h3-6,9-12H,1-2,7-8H2,(H2,17,21). The Morgan fingerprint density at radius 1 is 0.955 bits per heavy atom. The fraction of sp³-hybridized carbons (Fsp3) is 0.250. The Hall–Kier alpha value is -2.76. The van der Waals surface area contributed by atoms with Crippen molar-refractivity contribution in [1.29, 1.82) is 0 Å². The van der Waals surface area contributed by atoms with Crippen LogP contribution in [0.2, 0.25) is 0 Å². The predicted molar refractivity (Wildman–Crippen MR) is 83.3 cm³/mol. The van der Waals surface area contributed by atoms with Gasteiger partial charge in [-0.2, -0.15) is 0 Å². The van der Waals surface area contributed by atoms with Gasteiger partial charge in [-0.25, -0.2) is 0 Å². The molecule has 0 aliphatic heterocycles. The number of nitrogens with two attached hydrogens (primary N) is 1. The van der Waals surface area contributed by atoms with Crippen molar-refractivity contribution in [2.75, 3.05) is 4.90 Å². The summed E-state index contributed by atoms with van der Waals surface area (Å²) in [4.78, 5) is 33.0. The van der Waals surface area contributed by atoms with Crippen molar-refractivity contribution in [2.45, 2.75) is 25.7 Å². The molecule has 0 unspecified atom stereocenters. The van der Waals surface area contributed by atoms with Gasteiger partial charge in [0.1, 0.15) is 0 Å². The number of hydrogen-bond acceptors (Lipinski definition) is 4. The molecular weight excluding hydrogens is 280 g/mol. The van der Waals surface area contributed by atoms with E-state index in [0.717, 1.165) is 0 Å². The lowest BCUT2D eigenvalue weighted by Gasteiger charge is -2.22. The predicted octanol–water partition coefficient (Wildman–Crippen LogP) is 2.19. The van der Waals surface area contributed by atoms with E-state index in [2.05, 4.69) is 9.97 Å². The van der Waals surface area contributed by atoms with Crippen molar-refractivity contribution in [2.24, 2.45) is 5.73 Å². The first-order valence-corrected chi connectivity index (χ1v) is 7.10. The average molecular weight is 298 g/mol. The lowest BCUT2D eigenvalue weighted by molar-refractivity contribution is -0.119. The Balaban J connectivity index is 2.11. The van der Waals surface area contributed by atoms with E-state index >= 15 is 0 Å². The molecule has 2 aromatic heterocycles. The van der Waals surface area contributed by atoms with E-state index in [4.69, 9.17) is 5.73 Å². The zero-order valence-electron chi connectivity index (χ0n) is 12.2. The molecule has 0 aliphatic carbocycles. The van der Waals surface area contributed by atoms with Crippen LogP contribution in [0.25, 0.3) is 0 Å². The van der Waals surface area contributed by atoms with E-state index in [-0.39, 0.29) is 11.8 Å². The van der Waals surface area contributed by atoms with Crippen molar-refractivity contribution >= 4 is 23.2 Å². The summed E-state index contributed by atoms with van der Waals surface area (Å²) in [6.45, 7) is 0. The Morgan fingerprint density at radius 3 is 1.95 bits per heavy atom. The minimum absolute atomic E-state index is 0.0644. The van der Waals surface area contributed by atoms with Crippen LogP contribution in [-0.2, 0) is 9.59 Å². The number of anilines is 2. The molecule has 0 spiro atoms. The third-order valence-electron chi connectivity index (χ3n) is 3.12. The minimum Gasteiger partial charge on any atom is -0.370 e. The van der Waals surface area contributed by atoms with Gasteiger partial charge in [0.2, 0.25) is 11.8 Å². The Morgan fingerprint density at radius 2 is 1.50 bits per heavy atom. The highest BCUT2D eigenvalue weighted by Crippen LogP contribution is 2.25. The fourth-order valence-electron chi connectivity index (χ4n) is 2.10. The minimum atomic E-state index is -0.344. The molecule has 0 bridgehead atoms. The molecule has 6 nitrogen and oxygen atoms in total. The maximum atomic E-state index is 12.5. The first-order valence-electron chi connectivity index (χ1n) is 7.10. The van der Waals surface area contributed by atoms with E-state index in [9.17, 15) is 9.59 Å². The Bertz CT molecular complexity index is 577. The number of rotatable bonds is 7. The molecule has 114 valence electrons. The van der Waals surface area contributed by atoms with E-state index < -0.39 is 0 Å². The fourth-order valence-corrected chi connectivity index (χ4v) is 2.10. The molecule has 0 radical (unpaired) electrons. The van der Waals surface area contributed by atoms with E-state index in [0.29, 0.717) is 37.1 Å². The SMILES string of the molecule is NC(=O)CCCCC(=O)N(c1cccnc1)c1cccnc1. The number of carbonyl (C=O) groups excluding carboxylic acids is 2. The molecule has 0 aliphatic rings. The molecule has 0 saturated heterocycles. The summed E-state index contributed by atoms with van der Waals surface area (Å²) in [5.41, 5.74) is 6.48. The van der Waals surface area contributed by atoms with Gasteiger partial charge in [-0.3, -0.25) is 24.5 Å². The number of aromatic nitrogens is 2. The second-order valence-corrected chi connectivity index (χ2v) is 4.83. The Kier molecular flexibility index (Phi) is 5.59.